The summed E-state index contributed by atoms with van der Waals surface area (Å²) in [6.07, 6.45) is 2.77. The summed E-state index contributed by atoms with van der Waals surface area (Å²) in [6, 6.07) is 1.63. The Morgan fingerprint density at radius 1 is 1.42 bits per heavy atom. The minimum atomic E-state index is -0.591. The maximum Gasteiger partial charge on any atom is 0.406 e. The maximum absolute atomic E-state index is 11.5. The third-order valence-electron chi connectivity index (χ3n) is 3.98. The Morgan fingerprint density at radius 2 is 2.19 bits per heavy atom. The number of aromatic nitrogens is 2. The van der Waals surface area contributed by atoms with E-state index < -0.39 is 4.92 Å². The average Bonchev–Trinajstić information content (AvgIpc) is 2.95. The van der Waals surface area contributed by atoms with Crippen LogP contribution < -0.4 is 10.1 Å². The van der Waals surface area contributed by atoms with Gasteiger partial charge in [0.25, 0.3) is 0 Å². The van der Waals surface area contributed by atoms with E-state index in [0.717, 1.165) is 12.0 Å². The van der Waals surface area contributed by atoms with Crippen LogP contribution in [-0.4, -0.2) is 55.1 Å². The summed E-state index contributed by atoms with van der Waals surface area (Å²) < 4.78 is 10.5. The van der Waals surface area contributed by atoms with Crippen LogP contribution in [0, 0.1) is 17.0 Å². The predicted octanol–water partition coefficient (Wildman–Crippen LogP) is 1.89. The zero-order valence-electron chi connectivity index (χ0n) is 15.0. The van der Waals surface area contributed by atoms with Crippen LogP contribution in [0.15, 0.2) is 12.3 Å². The van der Waals surface area contributed by atoms with Gasteiger partial charge in [0.2, 0.25) is 5.75 Å². The van der Waals surface area contributed by atoms with Crippen LogP contribution in [0.3, 0.4) is 0 Å². The molecule has 0 saturated carbocycles. The normalized spacial score (nSPS) is 10.7. The Morgan fingerprint density at radius 3 is 2.81 bits per heavy atom. The topological polar surface area (TPSA) is 119 Å². The van der Waals surface area contributed by atoms with Crippen LogP contribution in [-0.2, 0) is 11.2 Å². The molecule has 9 heteroatoms. The summed E-state index contributed by atoms with van der Waals surface area (Å²) >= 11 is 0. The van der Waals surface area contributed by atoms with Gasteiger partial charge in [-0.25, -0.2) is 0 Å². The number of likely N-dealkylation sites (N-methyl/N-ethyl adjacent to an activating group) is 1. The molecule has 9 nitrogen and oxygen atoms in total. The molecule has 0 unspecified atom stereocenters. The third kappa shape index (κ3) is 4.06. The lowest BCUT2D eigenvalue weighted by molar-refractivity contribution is -0.390. The Hall–Kier alpha value is -2.78. The molecule has 0 spiro atoms. The van der Waals surface area contributed by atoms with Crippen molar-refractivity contribution in [3.05, 3.63) is 39.2 Å². The first-order valence-corrected chi connectivity index (χ1v) is 8.11. The minimum absolute atomic E-state index is 0.0523. The Bertz CT molecular complexity index is 788. The quantitative estimate of drug-likeness (QED) is 0.287. The van der Waals surface area contributed by atoms with Gasteiger partial charge in [0, 0.05) is 31.3 Å². The number of pyridine rings is 1. The predicted molar refractivity (Wildman–Crippen MR) is 95.8 cm³/mol. The second kappa shape index (κ2) is 9.07. The van der Waals surface area contributed by atoms with Gasteiger partial charge in [-0.05, 0) is 35.5 Å². The van der Waals surface area contributed by atoms with Crippen LogP contribution in [0.4, 0.5) is 5.82 Å². The summed E-state index contributed by atoms with van der Waals surface area (Å²) in [5.74, 6) is -0.325. The van der Waals surface area contributed by atoms with Gasteiger partial charge >= 0.3 is 5.82 Å². The van der Waals surface area contributed by atoms with Gasteiger partial charge in [0.1, 0.15) is 12.8 Å². The number of ether oxygens (including phenoxy) is 2. The van der Waals surface area contributed by atoms with Gasteiger partial charge in [0.15, 0.2) is 6.29 Å². The molecule has 140 valence electrons. The number of nitro groups is 1. The van der Waals surface area contributed by atoms with Gasteiger partial charge in [-0.2, -0.15) is 0 Å². The van der Waals surface area contributed by atoms with Crippen molar-refractivity contribution in [2.45, 2.75) is 13.3 Å². The van der Waals surface area contributed by atoms with E-state index in [1.807, 2.05) is 7.05 Å². The molecule has 0 aliphatic rings. The number of nitrogens with zero attached hydrogens (tertiary/aromatic N) is 2. The summed E-state index contributed by atoms with van der Waals surface area (Å²) in [5.41, 5.74) is 3.13. The number of hydrogen-bond acceptors (Lipinski definition) is 7. The molecule has 2 aromatic rings. The molecule has 2 heterocycles. The summed E-state index contributed by atoms with van der Waals surface area (Å²) in [4.78, 5) is 29.3. The largest absolute Gasteiger partial charge is 0.483 e. The number of H-pyrrole nitrogens is 1. The fourth-order valence-corrected chi connectivity index (χ4v) is 2.68. The fraction of sp³-hybridized carbons (Fsp3) is 0.412. The van der Waals surface area contributed by atoms with Crippen molar-refractivity contribution in [2.75, 3.05) is 33.9 Å². The lowest BCUT2D eigenvalue weighted by Crippen LogP contribution is -2.11. The molecule has 0 amide bonds. The molecule has 2 N–H and O–H groups in total. The smallest absolute Gasteiger partial charge is 0.406 e. The van der Waals surface area contributed by atoms with Gasteiger partial charge in [0.05, 0.1) is 17.9 Å². The van der Waals surface area contributed by atoms with E-state index in [-0.39, 0.29) is 24.8 Å². The van der Waals surface area contributed by atoms with Crippen molar-refractivity contribution < 1.29 is 19.2 Å². The molecule has 0 aliphatic heterocycles. The van der Waals surface area contributed by atoms with Crippen molar-refractivity contribution in [2.24, 2.45) is 0 Å². The first kappa shape index (κ1) is 19.5. The Labute approximate surface area is 150 Å². The molecule has 0 aliphatic carbocycles. The molecule has 26 heavy (non-hydrogen) atoms. The van der Waals surface area contributed by atoms with E-state index in [1.54, 1.807) is 13.0 Å². The standard InChI is InChI=1S/C17H22N4O5/c1-11-13(10-22)14(5-6-18-2)20-15(11)12-4-7-19-17(21(23)24)16(12)26-9-8-25-3/h4,7,10,18,20H,5-6,8-9H2,1-3H3. The van der Waals surface area contributed by atoms with Crippen LogP contribution in [0.5, 0.6) is 5.75 Å². The van der Waals surface area contributed by atoms with Gasteiger partial charge in [-0.1, -0.05) is 0 Å². The molecule has 2 rings (SSSR count). The minimum Gasteiger partial charge on any atom is -0.483 e. The van der Waals surface area contributed by atoms with Crippen molar-refractivity contribution in [1.82, 2.24) is 15.3 Å². The second-order valence-corrected chi connectivity index (χ2v) is 5.60. The summed E-state index contributed by atoms with van der Waals surface area (Å²) in [7, 11) is 3.34. The van der Waals surface area contributed by atoms with E-state index in [2.05, 4.69) is 15.3 Å². The lowest BCUT2D eigenvalue weighted by Gasteiger charge is -2.10. The molecular weight excluding hydrogens is 340 g/mol. The molecule has 0 aromatic carbocycles. The van der Waals surface area contributed by atoms with E-state index in [0.29, 0.717) is 35.3 Å². The highest BCUT2D eigenvalue weighted by Crippen LogP contribution is 2.38. The van der Waals surface area contributed by atoms with Gasteiger partial charge in [-0.3, -0.25) is 4.79 Å². The van der Waals surface area contributed by atoms with Crippen LogP contribution in [0.2, 0.25) is 0 Å². The number of aldehydes is 1. The summed E-state index contributed by atoms with van der Waals surface area (Å²) in [6.45, 7) is 2.91. The third-order valence-corrected chi connectivity index (χ3v) is 3.98. The Kier molecular flexibility index (Phi) is 6.81. The zero-order chi connectivity index (χ0) is 19.1. The second-order valence-electron chi connectivity index (χ2n) is 5.60. The molecular formula is C17H22N4O5. The maximum atomic E-state index is 11.5. The highest BCUT2D eigenvalue weighted by molar-refractivity contribution is 5.86. The summed E-state index contributed by atoms with van der Waals surface area (Å²) in [5, 5.41) is 14.4. The number of hydrogen-bond donors (Lipinski definition) is 2. The average molecular weight is 362 g/mol. The van der Waals surface area contributed by atoms with Crippen molar-refractivity contribution in [1.29, 1.82) is 0 Å². The fourth-order valence-electron chi connectivity index (χ4n) is 2.68. The van der Waals surface area contributed by atoms with Crippen molar-refractivity contribution >= 4 is 12.1 Å². The number of nitrogens with one attached hydrogen (secondary N) is 2. The van der Waals surface area contributed by atoms with Gasteiger partial charge < -0.3 is 29.9 Å². The number of methoxy groups -OCH3 is 1. The zero-order valence-corrected chi connectivity index (χ0v) is 15.0. The first-order valence-electron chi connectivity index (χ1n) is 8.11. The highest BCUT2D eigenvalue weighted by Gasteiger charge is 2.25. The van der Waals surface area contributed by atoms with E-state index in [4.69, 9.17) is 9.47 Å². The van der Waals surface area contributed by atoms with E-state index in [1.165, 1.54) is 13.3 Å². The van der Waals surface area contributed by atoms with Crippen molar-refractivity contribution in [3.8, 4) is 17.0 Å². The molecule has 0 saturated heterocycles. The Balaban J connectivity index is 2.56. The first-order chi connectivity index (χ1) is 12.5. The molecule has 0 fully saturated rings. The number of aromatic amines is 1. The number of carbonyl (C=O) groups excluding carboxylic acids is 1. The van der Waals surface area contributed by atoms with E-state index >= 15 is 0 Å². The molecule has 0 bridgehead atoms. The SMILES string of the molecule is CNCCc1[nH]c(-c2ccnc([N+](=O)[O-])c2OCCOC)c(C)c1C=O. The molecule has 0 radical (unpaired) electrons. The van der Waals surface area contributed by atoms with E-state index in [9.17, 15) is 14.9 Å². The van der Waals surface area contributed by atoms with Crippen LogP contribution >= 0.6 is 0 Å². The van der Waals surface area contributed by atoms with Gasteiger partial charge in [-0.15, -0.1) is 0 Å². The lowest BCUT2D eigenvalue weighted by atomic mass is 10.1. The monoisotopic (exact) mass is 362 g/mol. The van der Waals surface area contributed by atoms with Crippen LogP contribution in [0.1, 0.15) is 21.6 Å². The number of carbonyl (C=O) groups is 1. The van der Waals surface area contributed by atoms with Crippen LogP contribution in [0.25, 0.3) is 11.3 Å². The number of rotatable bonds is 10. The molecule has 2 aromatic heterocycles. The van der Waals surface area contributed by atoms with Crippen molar-refractivity contribution in [3.63, 3.8) is 0 Å². The molecule has 0 atom stereocenters. The highest BCUT2D eigenvalue weighted by atomic mass is 16.6.